The van der Waals surface area contributed by atoms with Crippen LogP contribution in [0.15, 0.2) is 109 Å². The summed E-state index contributed by atoms with van der Waals surface area (Å²) in [7, 11) is 0. The monoisotopic (exact) mass is 418 g/mol. The van der Waals surface area contributed by atoms with Crippen molar-refractivity contribution in [3.63, 3.8) is 0 Å². The normalized spacial score (nSPS) is 10.8. The molecule has 5 aromatic rings. The van der Waals surface area contributed by atoms with E-state index in [0.717, 1.165) is 28.1 Å². The van der Waals surface area contributed by atoms with Gasteiger partial charge in [-0.05, 0) is 42.0 Å². The molecule has 0 bridgehead atoms. The lowest BCUT2D eigenvalue weighted by molar-refractivity contribution is 0.262. The Kier molecular flexibility index (Phi) is 5.37. The van der Waals surface area contributed by atoms with Gasteiger partial charge in [-0.1, -0.05) is 72.8 Å². The summed E-state index contributed by atoms with van der Waals surface area (Å²) in [5.74, 6) is 0.863. The number of nitrogens with one attached hydrogen (secondary N) is 2. The lowest BCUT2D eigenvalue weighted by atomic mass is 10.1. The number of para-hydroxylation sites is 3. The molecule has 5 heteroatoms. The zero-order valence-corrected chi connectivity index (χ0v) is 17.4. The van der Waals surface area contributed by atoms with Crippen LogP contribution in [-0.2, 0) is 6.54 Å². The fourth-order valence-corrected chi connectivity index (χ4v) is 3.77. The van der Waals surface area contributed by atoms with Crippen molar-refractivity contribution in [2.75, 3.05) is 10.6 Å². The number of amides is 2. The first kappa shape index (κ1) is 19.6. The van der Waals surface area contributed by atoms with E-state index in [4.69, 9.17) is 4.98 Å². The molecular formula is C27H22N4O. The van der Waals surface area contributed by atoms with Gasteiger partial charge in [0.1, 0.15) is 5.82 Å². The largest absolute Gasteiger partial charge is 0.323 e. The number of anilines is 2. The summed E-state index contributed by atoms with van der Waals surface area (Å²) >= 11 is 0. The summed E-state index contributed by atoms with van der Waals surface area (Å²) in [6, 6.07) is 35.3. The lowest BCUT2D eigenvalue weighted by Crippen LogP contribution is -2.19. The van der Waals surface area contributed by atoms with E-state index in [-0.39, 0.29) is 6.03 Å². The van der Waals surface area contributed by atoms with Crippen LogP contribution in [-0.4, -0.2) is 15.6 Å². The maximum absolute atomic E-state index is 12.4. The molecule has 0 fully saturated rings. The fourth-order valence-electron chi connectivity index (χ4n) is 3.77. The quantitative estimate of drug-likeness (QED) is 0.347. The third kappa shape index (κ3) is 4.23. The zero-order valence-electron chi connectivity index (χ0n) is 17.4. The zero-order chi connectivity index (χ0) is 21.8. The van der Waals surface area contributed by atoms with E-state index < -0.39 is 0 Å². The first-order valence-corrected chi connectivity index (χ1v) is 10.5. The van der Waals surface area contributed by atoms with Crippen LogP contribution in [0.3, 0.4) is 0 Å². The Morgan fingerprint density at radius 2 is 1.38 bits per heavy atom. The minimum absolute atomic E-state index is 0.286. The number of carbonyl (C=O) groups excluding carboxylic acids is 1. The molecular weight excluding hydrogens is 396 g/mol. The number of aromatic nitrogens is 2. The molecule has 32 heavy (non-hydrogen) atoms. The van der Waals surface area contributed by atoms with Crippen LogP contribution in [0.25, 0.3) is 22.4 Å². The summed E-state index contributed by atoms with van der Waals surface area (Å²) in [5.41, 5.74) is 5.60. The predicted octanol–water partition coefficient (Wildman–Crippen LogP) is 6.40. The molecule has 0 saturated carbocycles. The SMILES string of the molecule is O=C(Nc1ccccc1)Nc1cccc(-c2nc3ccccc3n2Cc2ccccc2)c1. The van der Waals surface area contributed by atoms with Crippen LogP contribution in [0.4, 0.5) is 16.2 Å². The van der Waals surface area contributed by atoms with Gasteiger partial charge in [-0.3, -0.25) is 0 Å². The third-order valence-electron chi connectivity index (χ3n) is 5.25. The molecule has 0 radical (unpaired) electrons. The van der Waals surface area contributed by atoms with E-state index in [2.05, 4.69) is 33.4 Å². The molecule has 5 rings (SSSR count). The molecule has 156 valence electrons. The van der Waals surface area contributed by atoms with Crippen molar-refractivity contribution in [2.45, 2.75) is 6.54 Å². The lowest BCUT2D eigenvalue weighted by Gasteiger charge is -2.12. The highest BCUT2D eigenvalue weighted by Crippen LogP contribution is 2.27. The summed E-state index contributed by atoms with van der Waals surface area (Å²) < 4.78 is 2.22. The minimum atomic E-state index is -0.286. The molecule has 0 aliphatic rings. The topological polar surface area (TPSA) is 59.0 Å². The van der Waals surface area contributed by atoms with Crippen LogP contribution in [0, 0.1) is 0 Å². The van der Waals surface area contributed by atoms with Crippen molar-refractivity contribution >= 4 is 28.4 Å². The number of imidazole rings is 1. The summed E-state index contributed by atoms with van der Waals surface area (Å²) in [6.07, 6.45) is 0. The number of fused-ring (bicyclic) bond motifs is 1. The third-order valence-corrected chi connectivity index (χ3v) is 5.25. The first-order chi connectivity index (χ1) is 15.8. The van der Waals surface area contributed by atoms with E-state index in [1.54, 1.807) is 0 Å². The molecule has 0 aliphatic carbocycles. The number of carbonyl (C=O) groups is 1. The first-order valence-electron chi connectivity index (χ1n) is 10.5. The molecule has 4 aromatic carbocycles. The number of hydrogen-bond acceptors (Lipinski definition) is 2. The van der Waals surface area contributed by atoms with Gasteiger partial charge in [0, 0.05) is 23.5 Å². The number of benzene rings is 4. The van der Waals surface area contributed by atoms with Gasteiger partial charge in [0.25, 0.3) is 0 Å². The molecule has 2 N–H and O–H groups in total. The van der Waals surface area contributed by atoms with Gasteiger partial charge in [-0.25, -0.2) is 9.78 Å². The van der Waals surface area contributed by atoms with Crippen LogP contribution < -0.4 is 10.6 Å². The fraction of sp³-hybridized carbons (Fsp3) is 0.0370. The highest BCUT2D eigenvalue weighted by Gasteiger charge is 2.14. The highest BCUT2D eigenvalue weighted by atomic mass is 16.2. The van der Waals surface area contributed by atoms with Crippen LogP contribution in [0.1, 0.15) is 5.56 Å². The summed E-state index contributed by atoms with van der Waals surface area (Å²) in [5, 5.41) is 5.76. The molecule has 0 atom stereocenters. The van der Waals surface area contributed by atoms with Gasteiger partial charge in [0.05, 0.1) is 11.0 Å². The molecule has 0 unspecified atom stereocenters. The second-order valence-electron chi connectivity index (χ2n) is 7.52. The number of urea groups is 1. The minimum Gasteiger partial charge on any atom is -0.319 e. The van der Waals surface area contributed by atoms with Gasteiger partial charge >= 0.3 is 6.03 Å². The molecule has 0 spiro atoms. The molecule has 0 saturated heterocycles. The Labute approximate surface area is 186 Å². The average molecular weight is 419 g/mol. The Balaban J connectivity index is 1.46. The van der Waals surface area contributed by atoms with E-state index in [1.165, 1.54) is 5.56 Å². The molecule has 5 nitrogen and oxygen atoms in total. The van der Waals surface area contributed by atoms with Crippen molar-refractivity contribution in [1.29, 1.82) is 0 Å². The average Bonchev–Trinajstić information content (AvgIpc) is 3.19. The van der Waals surface area contributed by atoms with E-state index in [1.807, 2.05) is 91.0 Å². The van der Waals surface area contributed by atoms with Gasteiger partial charge in [-0.2, -0.15) is 0 Å². The second kappa shape index (κ2) is 8.78. The van der Waals surface area contributed by atoms with Crippen molar-refractivity contribution in [3.8, 4) is 11.4 Å². The maximum Gasteiger partial charge on any atom is 0.323 e. The van der Waals surface area contributed by atoms with Crippen molar-refractivity contribution in [2.24, 2.45) is 0 Å². The van der Waals surface area contributed by atoms with Crippen LogP contribution >= 0.6 is 0 Å². The molecule has 1 heterocycles. The number of rotatable bonds is 5. The van der Waals surface area contributed by atoms with Gasteiger partial charge in [0.15, 0.2) is 0 Å². The second-order valence-corrected chi connectivity index (χ2v) is 7.52. The van der Waals surface area contributed by atoms with E-state index in [9.17, 15) is 4.79 Å². The van der Waals surface area contributed by atoms with Crippen molar-refractivity contribution in [3.05, 3.63) is 115 Å². The van der Waals surface area contributed by atoms with Crippen molar-refractivity contribution < 1.29 is 4.79 Å². The molecule has 1 aromatic heterocycles. The van der Waals surface area contributed by atoms with Gasteiger partial charge < -0.3 is 15.2 Å². The Hall–Kier alpha value is -4.38. The van der Waals surface area contributed by atoms with Gasteiger partial charge in [-0.15, -0.1) is 0 Å². The summed E-state index contributed by atoms with van der Waals surface area (Å²) in [4.78, 5) is 17.3. The standard InChI is InChI=1S/C27H22N4O/c32-27(28-22-13-5-2-6-14-22)29-23-15-9-12-21(18-23)26-30-24-16-7-8-17-25(24)31(26)19-20-10-3-1-4-11-20/h1-18H,19H2,(H2,28,29,32). The maximum atomic E-state index is 12.4. The van der Waals surface area contributed by atoms with E-state index >= 15 is 0 Å². The highest BCUT2D eigenvalue weighted by molar-refractivity contribution is 6.00. The Bertz CT molecular complexity index is 1360. The van der Waals surface area contributed by atoms with Crippen LogP contribution in [0.2, 0.25) is 0 Å². The van der Waals surface area contributed by atoms with Crippen molar-refractivity contribution in [1.82, 2.24) is 9.55 Å². The Morgan fingerprint density at radius 1 is 0.719 bits per heavy atom. The summed E-state index contributed by atoms with van der Waals surface area (Å²) in [6.45, 7) is 0.711. The van der Waals surface area contributed by atoms with Gasteiger partial charge in [0.2, 0.25) is 0 Å². The smallest absolute Gasteiger partial charge is 0.319 e. The predicted molar refractivity (Wildman–Crippen MR) is 130 cm³/mol. The molecule has 2 amide bonds. The number of hydrogen-bond donors (Lipinski definition) is 2. The van der Waals surface area contributed by atoms with Crippen LogP contribution in [0.5, 0.6) is 0 Å². The molecule has 0 aliphatic heterocycles. The number of nitrogens with zero attached hydrogens (tertiary/aromatic N) is 2. The Morgan fingerprint density at radius 3 is 2.19 bits per heavy atom. The van der Waals surface area contributed by atoms with E-state index in [0.29, 0.717) is 12.2 Å².